The van der Waals surface area contributed by atoms with Crippen LogP contribution in [-0.4, -0.2) is 18.3 Å². The van der Waals surface area contributed by atoms with E-state index < -0.39 is 5.41 Å². The lowest BCUT2D eigenvalue weighted by Gasteiger charge is -2.30. The zero-order chi connectivity index (χ0) is 14.3. The van der Waals surface area contributed by atoms with Gasteiger partial charge in [0, 0.05) is 5.71 Å². The maximum atomic E-state index is 12.4. The van der Waals surface area contributed by atoms with Crippen LogP contribution in [0.15, 0.2) is 33.5 Å². The minimum atomic E-state index is -0.654. The first-order chi connectivity index (χ1) is 9.10. The second-order valence-corrected chi connectivity index (χ2v) is 4.97. The first-order valence-corrected chi connectivity index (χ1v) is 7.44. The average Bonchev–Trinajstić information content (AvgIpc) is 2.45. The van der Waals surface area contributed by atoms with Crippen LogP contribution in [0.5, 0.6) is 0 Å². The van der Waals surface area contributed by atoms with Gasteiger partial charge in [-0.2, -0.15) is 0 Å². The molecular formula is C15H20INO2. The van der Waals surface area contributed by atoms with Gasteiger partial charge in [-0.15, -0.1) is 0 Å². The van der Waals surface area contributed by atoms with Gasteiger partial charge < -0.3 is 4.74 Å². The van der Waals surface area contributed by atoms with Crippen LogP contribution in [0.2, 0.25) is 0 Å². The Balaban J connectivity index is 3.14. The Morgan fingerprint density at radius 3 is 2.42 bits per heavy atom. The highest BCUT2D eigenvalue weighted by Gasteiger charge is 2.41. The van der Waals surface area contributed by atoms with Crippen LogP contribution in [0.3, 0.4) is 0 Å². The molecule has 0 bridgehead atoms. The molecule has 3 nitrogen and oxygen atoms in total. The molecule has 0 saturated heterocycles. The van der Waals surface area contributed by atoms with E-state index >= 15 is 0 Å². The molecule has 0 aromatic heterocycles. The summed E-state index contributed by atoms with van der Waals surface area (Å²) in [4.78, 5) is 12.4. The fourth-order valence-electron chi connectivity index (χ4n) is 2.17. The van der Waals surface area contributed by atoms with E-state index in [4.69, 9.17) is 4.74 Å². The fourth-order valence-corrected chi connectivity index (χ4v) is 2.63. The minimum Gasteiger partial charge on any atom is -0.465 e. The van der Waals surface area contributed by atoms with Crippen molar-refractivity contribution in [2.24, 2.45) is 8.62 Å². The summed E-state index contributed by atoms with van der Waals surface area (Å²) in [5.74, 6) is -0.181. The molecule has 0 heterocycles. The lowest BCUT2D eigenvalue weighted by Crippen LogP contribution is -2.41. The zero-order valence-electron chi connectivity index (χ0n) is 11.6. The number of ether oxygens (including phenoxy) is 1. The van der Waals surface area contributed by atoms with Crippen LogP contribution in [0, 0.1) is 5.41 Å². The topological polar surface area (TPSA) is 38.7 Å². The molecule has 1 rings (SSSR count). The lowest BCUT2D eigenvalue weighted by molar-refractivity contribution is -0.151. The Bertz CT molecular complexity index is 445. The maximum absolute atomic E-state index is 12.4. The SMILES string of the molecule is CCOC(=O)C(CC)(Cc1ccccc1)C(C)=NI. The number of carbonyl (C=O) groups excluding carboxylic acids is 1. The number of hydrogen-bond acceptors (Lipinski definition) is 3. The van der Waals surface area contributed by atoms with E-state index in [1.165, 1.54) is 0 Å². The van der Waals surface area contributed by atoms with E-state index in [1.807, 2.05) is 74.0 Å². The number of hydrogen-bond donors (Lipinski definition) is 0. The predicted octanol–water partition coefficient (Wildman–Crippen LogP) is 4.00. The number of nitrogens with zero attached hydrogens (tertiary/aromatic N) is 1. The van der Waals surface area contributed by atoms with Gasteiger partial charge in [0.25, 0.3) is 0 Å². The normalized spacial score (nSPS) is 14.8. The molecule has 1 unspecified atom stereocenters. The summed E-state index contributed by atoms with van der Waals surface area (Å²) in [6, 6.07) is 10.0. The van der Waals surface area contributed by atoms with Gasteiger partial charge in [-0.25, -0.2) is 3.21 Å². The minimum absolute atomic E-state index is 0.181. The van der Waals surface area contributed by atoms with Gasteiger partial charge in [-0.05, 0) is 32.3 Å². The molecular weight excluding hydrogens is 353 g/mol. The van der Waals surface area contributed by atoms with Crippen LogP contribution in [0.4, 0.5) is 0 Å². The Hall–Kier alpha value is -0.910. The number of rotatable bonds is 6. The van der Waals surface area contributed by atoms with Crippen molar-refractivity contribution in [1.82, 2.24) is 0 Å². The van der Waals surface area contributed by atoms with E-state index in [2.05, 4.69) is 3.21 Å². The molecule has 0 radical (unpaired) electrons. The van der Waals surface area contributed by atoms with Crippen molar-refractivity contribution in [2.45, 2.75) is 33.6 Å². The van der Waals surface area contributed by atoms with Crippen molar-refractivity contribution in [2.75, 3.05) is 6.61 Å². The number of carbonyl (C=O) groups is 1. The molecule has 1 aromatic carbocycles. The van der Waals surface area contributed by atoms with Gasteiger partial charge in [-0.1, -0.05) is 37.3 Å². The second-order valence-electron chi connectivity index (χ2n) is 4.49. The molecule has 0 fully saturated rings. The van der Waals surface area contributed by atoms with Gasteiger partial charge in [0.15, 0.2) is 0 Å². The molecule has 104 valence electrons. The average molecular weight is 373 g/mol. The van der Waals surface area contributed by atoms with E-state index in [0.717, 1.165) is 11.3 Å². The molecule has 1 atom stereocenters. The van der Waals surface area contributed by atoms with Crippen LogP contribution in [0.1, 0.15) is 32.8 Å². The van der Waals surface area contributed by atoms with Crippen LogP contribution in [-0.2, 0) is 16.0 Å². The predicted molar refractivity (Wildman–Crippen MR) is 86.6 cm³/mol. The van der Waals surface area contributed by atoms with E-state index in [0.29, 0.717) is 19.4 Å². The Morgan fingerprint density at radius 1 is 1.32 bits per heavy atom. The molecule has 0 spiro atoms. The smallest absolute Gasteiger partial charge is 0.318 e. The van der Waals surface area contributed by atoms with Crippen LogP contribution in [0.25, 0.3) is 0 Å². The Kier molecular flexibility index (Phi) is 6.48. The molecule has 0 aliphatic rings. The molecule has 0 amide bonds. The van der Waals surface area contributed by atoms with Gasteiger partial charge in [0.2, 0.25) is 0 Å². The van der Waals surface area contributed by atoms with Gasteiger partial charge in [-0.3, -0.25) is 4.79 Å². The molecule has 0 N–H and O–H groups in total. The molecule has 4 heteroatoms. The van der Waals surface area contributed by atoms with Gasteiger partial charge >= 0.3 is 5.97 Å². The first kappa shape index (κ1) is 16.1. The molecule has 0 aliphatic carbocycles. The third kappa shape index (κ3) is 3.78. The summed E-state index contributed by atoms with van der Waals surface area (Å²) >= 11 is 1.95. The maximum Gasteiger partial charge on any atom is 0.318 e. The zero-order valence-corrected chi connectivity index (χ0v) is 13.8. The van der Waals surface area contributed by atoms with Crippen molar-refractivity contribution in [3.8, 4) is 0 Å². The van der Waals surface area contributed by atoms with Crippen LogP contribution < -0.4 is 0 Å². The molecule has 0 aliphatic heterocycles. The number of halogens is 1. The molecule has 19 heavy (non-hydrogen) atoms. The fraction of sp³-hybridized carbons (Fsp3) is 0.467. The monoisotopic (exact) mass is 373 g/mol. The quantitative estimate of drug-likeness (QED) is 0.430. The third-order valence-electron chi connectivity index (χ3n) is 3.44. The number of benzene rings is 1. The van der Waals surface area contributed by atoms with E-state index in [-0.39, 0.29) is 5.97 Å². The second kappa shape index (κ2) is 7.62. The highest BCUT2D eigenvalue weighted by Crippen LogP contribution is 2.31. The van der Waals surface area contributed by atoms with Crippen molar-refractivity contribution < 1.29 is 9.53 Å². The van der Waals surface area contributed by atoms with Crippen molar-refractivity contribution in [1.29, 1.82) is 0 Å². The summed E-state index contributed by atoms with van der Waals surface area (Å²) < 4.78 is 9.49. The van der Waals surface area contributed by atoms with E-state index in [1.54, 1.807) is 0 Å². The summed E-state index contributed by atoms with van der Waals surface area (Å²) in [5.41, 5.74) is 1.29. The number of esters is 1. The first-order valence-electron chi connectivity index (χ1n) is 6.48. The third-order valence-corrected chi connectivity index (χ3v) is 4.16. The summed E-state index contributed by atoms with van der Waals surface area (Å²) in [5, 5.41) is 0. The van der Waals surface area contributed by atoms with E-state index in [9.17, 15) is 4.79 Å². The Morgan fingerprint density at radius 2 is 1.95 bits per heavy atom. The van der Waals surface area contributed by atoms with Crippen molar-refractivity contribution in [3.63, 3.8) is 0 Å². The molecule has 0 saturated carbocycles. The van der Waals surface area contributed by atoms with Gasteiger partial charge in [0.05, 0.1) is 29.5 Å². The van der Waals surface area contributed by atoms with Crippen molar-refractivity contribution >= 4 is 34.5 Å². The summed E-state index contributed by atoms with van der Waals surface area (Å²) in [6.45, 7) is 6.13. The Labute approximate surface area is 129 Å². The highest BCUT2D eigenvalue weighted by molar-refractivity contribution is 14.1. The largest absolute Gasteiger partial charge is 0.465 e. The van der Waals surface area contributed by atoms with Gasteiger partial charge in [0.1, 0.15) is 5.41 Å². The molecule has 1 aromatic rings. The van der Waals surface area contributed by atoms with Crippen LogP contribution >= 0.6 is 22.9 Å². The summed E-state index contributed by atoms with van der Waals surface area (Å²) in [7, 11) is 0. The standard InChI is InChI=1S/C15H20INO2/c1-4-15(12(3)17-16,14(18)19-5-2)11-13-9-7-6-8-10-13/h6-10H,4-5,11H2,1-3H3. The van der Waals surface area contributed by atoms with Crippen molar-refractivity contribution in [3.05, 3.63) is 35.9 Å². The summed E-state index contributed by atoms with van der Waals surface area (Å²) in [6.07, 6.45) is 1.31. The lowest BCUT2D eigenvalue weighted by atomic mass is 9.75. The highest BCUT2D eigenvalue weighted by atomic mass is 127.